The van der Waals surface area contributed by atoms with Gasteiger partial charge >= 0.3 is 0 Å². The molecule has 0 saturated heterocycles. The van der Waals surface area contributed by atoms with Gasteiger partial charge in [0.25, 0.3) is 5.97 Å². The molecule has 3 nitrogen and oxygen atoms in total. The standard InChI is InChI=1S/C13H28O3.FH/c1-5-6-7-8-9-10-11-12-13(14-2,15-3)16-4;/h5-12H2,1-4H3;1H. The summed E-state index contributed by atoms with van der Waals surface area (Å²) >= 11 is 0. The first-order valence-corrected chi connectivity index (χ1v) is 6.40. The van der Waals surface area contributed by atoms with E-state index in [1.165, 1.54) is 38.5 Å². The normalized spacial score (nSPS) is 11.3. The second-order valence-corrected chi connectivity index (χ2v) is 4.17. The van der Waals surface area contributed by atoms with E-state index in [0.717, 1.165) is 12.8 Å². The van der Waals surface area contributed by atoms with Crippen LogP contribution in [-0.4, -0.2) is 27.3 Å². The summed E-state index contributed by atoms with van der Waals surface area (Å²) < 4.78 is 15.7. The van der Waals surface area contributed by atoms with E-state index in [-0.39, 0.29) is 4.70 Å². The van der Waals surface area contributed by atoms with Crippen molar-refractivity contribution >= 4 is 0 Å². The molecule has 0 aliphatic carbocycles. The Balaban J connectivity index is 0. The number of rotatable bonds is 11. The lowest BCUT2D eigenvalue weighted by Gasteiger charge is -2.28. The van der Waals surface area contributed by atoms with Gasteiger partial charge in [0.15, 0.2) is 0 Å². The van der Waals surface area contributed by atoms with Gasteiger partial charge in [0.1, 0.15) is 0 Å². The van der Waals surface area contributed by atoms with Crippen LogP contribution in [0.15, 0.2) is 0 Å². The zero-order valence-corrected chi connectivity index (χ0v) is 11.8. The van der Waals surface area contributed by atoms with Gasteiger partial charge in [-0.25, -0.2) is 0 Å². The Morgan fingerprint density at radius 2 is 1.12 bits per heavy atom. The molecular weight excluding hydrogens is 223 g/mol. The van der Waals surface area contributed by atoms with Crippen LogP contribution in [0.2, 0.25) is 0 Å². The lowest BCUT2D eigenvalue weighted by molar-refractivity contribution is -0.355. The summed E-state index contributed by atoms with van der Waals surface area (Å²) in [5.41, 5.74) is 0. The molecule has 4 heteroatoms. The molecule has 0 bridgehead atoms. The minimum absolute atomic E-state index is 0. The highest BCUT2D eigenvalue weighted by Gasteiger charge is 2.28. The van der Waals surface area contributed by atoms with Crippen LogP contribution in [0.25, 0.3) is 0 Å². The largest absolute Gasteiger partial charge is 0.331 e. The minimum atomic E-state index is -0.830. The molecule has 17 heavy (non-hydrogen) atoms. The number of methoxy groups -OCH3 is 3. The zero-order valence-electron chi connectivity index (χ0n) is 11.8. The maximum atomic E-state index is 5.24. The van der Waals surface area contributed by atoms with Crippen molar-refractivity contribution in [3.63, 3.8) is 0 Å². The molecule has 106 valence electrons. The fourth-order valence-electron chi connectivity index (χ4n) is 1.85. The van der Waals surface area contributed by atoms with Gasteiger partial charge in [0.2, 0.25) is 0 Å². The maximum Gasteiger partial charge on any atom is 0.282 e. The van der Waals surface area contributed by atoms with Crippen LogP contribution in [0.1, 0.15) is 58.3 Å². The summed E-state index contributed by atoms with van der Waals surface area (Å²) in [5, 5.41) is 0. The Labute approximate surface area is 105 Å². The van der Waals surface area contributed by atoms with Crippen molar-refractivity contribution in [3.05, 3.63) is 0 Å². The van der Waals surface area contributed by atoms with E-state index in [0.29, 0.717) is 0 Å². The summed E-state index contributed by atoms with van der Waals surface area (Å²) in [6, 6.07) is 0. The second-order valence-electron chi connectivity index (χ2n) is 4.17. The predicted octanol–water partition coefficient (Wildman–Crippen LogP) is 3.87. The van der Waals surface area contributed by atoms with Gasteiger partial charge in [-0.15, -0.1) is 0 Å². The topological polar surface area (TPSA) is 27.7 Å². The molecule has 0 aliphatic heterocycles. The molecular formula is C13H29FO3. The van der Waals surface area contributed by atoms with Gasteiger partial charge in [-0.05, 0) is 6.42 Å². The van der Waals surface area contributed by atoms with Gasteiger partial charge in [-0.2, -0.15) is 0 Å². The van der Waals surface area contributed by atoms with Crippen molar-refractivity contribution in [2.45, 2.75) is 64.3 Å². The molecule has 0 unspecified atom stereocenters. The first-order chi connectivity index (χ1) is 7.74. The third-order valence-corrected chi connectivity index (χ3v) is 3.02. The highest BCUT2D eigenvalue weighted by Crippen LogP contribution is 2.21. The third kappa shape index (κ3) is 8.52. The summed E-state index contributed by atoms with van der Waals surface area (Å²) in [7, 11) is 4.86. The molecule has 0 rings (SSSR count). The van der Waals surface area contributed by atoms with Crippen LogP contribution in [0.3, 0.4) is 0 Å². The molecule has 0 amide bonds. The third-order valence-electron chi connectivity index (χ3n) is 3.02. The molecule has 0 spiro atoms. The van der Waals surface area contributed by atoms with Crippen molar-refractivity contribution in [2.24, 2.45) is 0 Å². The van der Waals surface area contributed by atoms with Crippen LogP contribution < -0.4 is 0 Å². The second kappa shape index (κ2) is 12.3. The molecule has 0 aromatic rings. The summed E-state index contributed by atoms with van der Waals surface area (Å²) in [5.74, 6) is -0.830. The summed E-state index contributed by atoms with van der Waals surface area (Å²) in [6.07, 6.45) is 9.77. The van der Waals surface area contributed by atoms with E-state index in [4.69, 9.17) is 14.2 Å². The van der Waals surface area contributed by atoms with Crippen LogP contribution in [0.5, 0.6) is 0 Å². The molecule has 0 aliphatic rings. The first kappa shape index (κ1) is 19.2. The Hall–Kier alpha value is -0.190. The van der Waals surface area contributed by atoms with E-state index in [1.54, 1.807) is 21.3 Å². The molecule has 0 saturated carbocycles. The minimum Gasteiger partial charge on any atom is -0.331 e. The fraction of sp³-hybridized carbons (Fsp3) is 1.00. The predicted molar refractivity (Wildman–Crippen MR) is 68.9 cm³/mol. The quantitative estimate of drug-likeness (QED) is 0.412. The Bertz CT molecular complexity index is 141. The van der Waals surface area contributed by atoms with Gasteiger partial charge < -0.3 is 14.2 Å². The van der Waals surface area contributed by atoms with Crippen molar-refractivity contribution in [3.8, 4) is 0 Å². The van der Waals surface area contributed by atoms with Gasteiger partial charge in [-0.3, -0.25) is 4.70 Å². The lowest BCUT2D eigenvalue weighted by atomic mass is 10.1. The van der Waals surface area contributed by atoms with Gasteiger partial charge in [0.05, 0.1) is 0 Å². The van der Waals surface area contributed by atoms with Crippen molar-refractivity contribution in [1.82, 2.24) is 0 Å². The Morgan fingerprint density at radius 1 is 0.706 bits per heavy atom. The van der Waals surface area contributed by atoms with E-state index < -0.39 is 5.97 Å². The average molecular weight is 252 g/mol. The fourth-order valence-corrected chi connectivity index (χ4v) is 1.85. The first-order valence-electron chi connectivity index (χ1n) is 6.40. The highest BCUT2D eigenvalue weighted by atomic mass is 19.0. The summed E-state index contributed by atoms with van der Waals surface area (Å²) in [6.45, 7) is 2.24. The Morgan fingerprint density at radius 3 is 1.53 bits per heavy atom. The van der Waals surface area contributed by atoms with Crippen molar-refractivity contribution in [1.29, 1.82) is 0 Å². The molecule has 0 atom stereocenters. The monoisotopic (exact) mass is 252 g/mol. The number of unbranched alkanes of at least 4 members (excludes halogenated alkanes) is 6. The SMILES string of the molecule is CCCCCCCCCC(OC)(OC)OC.F. The maximum absolute atomic E-state index is 5.24. The van der Waals surface area contributed by atoms with Crippen molar-refractivity contribution in [2.75, 3.05) is 21.3 Å². The molecule has 0 N–H and O–H groups in total. The molecule has 0 radical (unpaired) electrons. The van der Waals surface area contributed by atoms with Crippen LogP contribution in [0, 0.1) is 0 Å². The van der Waals surface area contributed by atoms with Crippen LogP contribution in [0.4, 0.5) is 4.70 Å². The molecule has 0 aromatic heterocycles. The van der Waals surface area contributed by atoms with Gasteiger partial charge in [0, 0.05) is 27.8 Å². The van der Waals surface area contributed by atoms with E-state index in [1.807, 2.05) is 0 Å². The number of hydrogen-bond donors (Lipinski definition) is 0. The Kier molecular flexibility index (Phi) is 13.8. The van der Waals surface area contributed by atoms with E-state index in [2.05, 4.69) is 6.92 Å². The smallest absolute Gasteiger partial charge is 0.282 e. The van der Waals surface area contributed by atoms with Crippen molar-refractivity contribution < 1.29 is 18.9 Å². The average Bonchev–Trinajstić information content (AvgIpc) is 2.34. The van der Waals surface area contributed by atoms with E-state index >= 15 is 0 Å². The lowest BCUT2D eigenvalue weighted by Crippen LogP contribution is -2.35. The van der Waals surface area contributed by atoms with Gasteiger partial charge in [-0.1, -0.05) is 45.4 Å². The molecule has 0 aromatic carbocycles. The van der Waals surface area contributed by atoms with Crippen LogP contribution >= 0.6 is 0 Å². The van der Waals surface area contributed by atoms with Crippen LogP contribution in [-0.2, 0) is 14.2 Å². The number of halogens is 1. The summed E-state index contributed by atoms with van der Waals surface area (Å²) in [4.78, 5) is 0. The molecule has 0 fully saturated rings. The number of hydrogen-bond acceptors (Lipinski definition) is 3. The zero-order chi connectivity index (χ0) is 12.3. The number of ether oxygens (including phenoxy) is 3. The van der Waals surface area contributed by atoms with E-state index in [9.17, 15) is 0 Å². The highest BCUT2D eigenvalue weighted by molar-refractivity contribution is 4.56. The molecule has 0 heterocycles.